The minimum atomic E-state index is -0.718. The van der Waals surface area contributed by atoms with E-state index in [-0.39, 0.29) is 29.2 Å². The Morgan fingerprint density at radius 3 is 2.44 bits per heavy atom. The number of nitrogens with two attached hydrogens (primary N) is 1. The lowest BCUT2D eigenvalue weighted by atomic mass is 9.96. The van der Waals surface area contributed by atoms with E-state index in [1.54, 1.807) is 11.0 Å². The van der Waals surface area contributed by atoms with Crippen molar-refractivity contribution in [2.45, 2.75) is 45.3 Å². The molecule has 0 bridgehead atoms. The van der Waals surface area contributed by atoms with Crippen molar-refractivity contribution in [3.8, 4) is 11.5 Å². The number of rotatable bonds is 7. The SMILES string of the molecule is CC(C)c1cc(C2=NNC(C=O)N2c2ccc(CN3CCC(C(N)=O)CC3)cc2)c(O)cc1O. The van der Waals surface area contributed by atoms with Gasteiger partial charge in [0.15, 0.2) is 18.3 Å². The van der Waals surface area contributed by atoms with Crippen molar-refractivity contribution in [3.63, 3.8) is 0 Å². The number of primary amides is 1. The Balaban J connectivity index is 1.54. The van der Waals surface area contributed by atoms with Crippen molar-refractivity contribution in [2.24, 2.45) is 16.8 Å². The van der Waals surface area contributed by atoms with E-state index < -0.39 is 6.17 Å². The van der Waals surface area contributed by atoms with Gasteiger partial charge in [-0.1, -0.05) is 26.0 Å². The quantitative estimate of drug-likeness (QED) is 0.461. The Labute approximate surface area is 198 Å². The molecule has 1 fully saturated rings. The number of hydrazone groups is 1. The van der Waals surface area contributed by atoms with Crippen LogP contribution < -0.4 is 16.1 Å². The molecule has 1 unspecified atom stereocenters. The summed E-state index contributed by atoms with van der Waals surface area (Å²) >= 11 is 0. The van der Waals surface area contributed by atoms with E-state index in [1.807, 2.05) is 38.1 Å². The summed E-state index contributed by atoms with van der Waals surface area (Å²) in [5, 5.41) is 25.1. The second kappa shape index (κ2) is 9.72. The van der Waals surface area contributed by atoms with E-state index in [0.717, 1.165) is 50.0 Å². The monoisotopic (exact) mass is 465 g/mol. The fourth-order valence-electron chi connectivity index (χ4n) is 4.57. The van der Waals surface area contributed by atoms with Crippen LogP contribution in [0.5, 0.6) is 11.5 Å². The van der Waals surface area contributed by atoms with E-state index in [4.69, 9.17) is 5.73 Å². The van der Waals surface area contributed by atoms with Gasteiger partial charge in [-0.2, -0.15) is 5.10 Å². The fourth-order valence-corrected chi connectivity index (χ4v) is 4.57. The first kappa shape index (κ1) is 23.6. The van der Waals surface area contributed by atoms with Gasteiger partial charge in [0.05, 0.1) is 5.56 Å². The standard InChI is InChI=1S/C25H31N5O4/c1-15(2)19-11-20(22(33)12-21(19)32)25-28-27-23(14-31)30(25)18-5-3-16(4-6-18)13-29-9-7-17(8-10-29)24(26)34/h3-6,11-12,14-15,17,23,27,32-33H,7-10,13H2,1-2H3,(H2,26,34). The average molecular weight is 466 g/mol. The summed E-state index contributed by atoms with van der Waals surface area (Å²) in [5.41, 5.74) is 11.2. The second-order valence-corrected chi connectivity index (χ2v) is 9.22. The van der Waals surface area contributed by atoms with Crippen molar-refractivity contribution in [2.75, 3.05) is 18.0 Å². The van der Waals surface area contributed by atoms with Crippen molar-refractivity contribution in [1.82, 2.24) is 10.3 Å². The summed E-state index contributed by atoms with van der Waals surface area (Å²) < 4.78 is 0. The molecule has 2 aromatic rings. The third-order valence-electron chi connectivity index (χ3n) is 6.56. The smallest absolute Gasteiger partial charge is 0.220 e. The summed E-state index contributed by atoms with van der Waals surface area (Å²) in [6, 6.07) is 10.9. The summed E-state index contributed by atoms with van der Waals surface area (Å²) in [7, 11) is 0. The molecule has 1 amide bonds. The number of benzene rings is 2. The number of carbonyl (C=O) groups excluding carboxylic acids is 2. The highest BCUT2D eigenvalue weighted by atomic mass is 16.3. The van der Waals surface area contributed by atoms with E-state index in [9.17, 15) is 19.8 Å². The number of amidine groups is 1. The van der Waals surface area contributed by atoms with Crippen LogP contribution in [0, 0.1) is 5.92 Å². The predicted octanol–water partition coefficient (Wildman–Crippen LogP) is 2.21. The molecule has 5 N–H and O–H groups in total. The molecule has 0 saturated carbocycles. The molecule has 0 aliphatic carbocycles. The van der Waals surface area contributed by atoms with Crippen LogP contribution >= 0.6 is 0 Å². The zero-order valence-corrected chi connectivity index (χ0v) is 19.4. The molecule has 34 heavy (non-hydrogen) atoms. The van der Waals surface area contributed by atoms with E-state index in [1.165, 1.54) is 6.07 Å². The van der Waals surface area contributed by atoms with Crippen LogP contribution in [0.2, 0.25) is 0 Å². The topological polar surface area (TPSA) is 131 Å². The van der Waals surface area contributed by atoms with Gasteiger partial charge in [0.1, 0.15) is 11.5 Å². The number of aromatic hydroxyl groups is 2. The third kappa shape index (κ3) is 4.70. The molecule has 2 aliphatic rings. The molecule has 0 radical (unpaired) electrons. The van der Waals surface area contributed by atoms with Crippen molar-refractivity contribution in [1.29, 1.82) is 0 Å². The minimum Gasteiger partial charge on any atom is -0.508 e. The molecule has 180 valence electrons. The van der Waals surface area contributed by atoms with Gasteiger partial charge in [0.25, 0.3) is 0 Å². The van der Waals surface area contributed by atoms with Crippen LogP contribution in [0.3, 0.4) is 0 Å². The number of hydrogen-bond donors (Lipinski definition) is 4. The van der Waals surface area contributed by atoms with Crippen LogP contribution in [0.25, 0.3) is 0 Å². The number of anilines is 1. The Hall–Kier alpha value is -3.59. The minimum absolute atomic E-state index is 0.0190. The first-order valence-corrected chi connectivity index (χ1v) is 11.5. The maximum absolute atomic E-state index is 11.8. The lowest BCUT2D eigenvalue weighted by Crippen LogP contribution is -2.42. The molecule has 9 heteroatoms. The van der Waals surface area contributed by atoms with Crippen LogP contribution in [0.1, 0.15) is 49.3 Å². The number of nitrogens with one attached hydrogen (secondary N) is 1. The molecule has 9 nitrogen and oxygen atoms in total. The highest BCUT2D eigenvalue weighted by molar-refractivity contribution is 6.14. The van der Waals surface area contributed by atoms with Gasteiger partial charge < -0.3 is 15.9 Å². The van der Waals surface area contributed by atoms with E-state index in [0.29, 0.717) is 17.0 Å². The Morgan fingerprint density at radius 2 is 1.85 bits per heavy atom. The number of carbonyl (C=O) groups is 2. The number of hydrogen-bond acceptors (Lipinski definition) is 8. The number of phenolic OH excluding ortho intramolecular Hbond substituents is 2. The fraction of sp³-hybridized carbons (Fsp3) is 0.400. The second-order valence-electron chi connectivity index (χ2n) is 9.22. The normalized spacial score (nSPS) is 19.2. The first-order valence-electron chi connectivity index (χ1n) is 11.5. The van der Waals surface area contributed by atoms with Crippen LogP contribution in [-0.2, 0) is 16.1 Å². The summed E-state index contributed by atoms with van der Waals surface area (Å²) in [6.45, 7) is 6.32. The van der Waals surface area contributed by atoms with Gasteiger partial charge in [-0.3, -0.25) is 24.8 Å². The maximum atomic E-state index is 11.8. The number of aldehydes is 1. The lowest BCUT2D eigenvalue weighted by Gasteiger charge is -2.30. The van der Waals surface area contributed by atoms with Gasteiger partial charge in [-0.15, -0.1) is 0 Å². The largest absolute Gasteiger partial charge is 0.508 e. The molecule has 0 spiro atoms. The average Bonchev–Trinajstić information content (AvgIpc) is 3.23. The maximum Gasteiger partial charge on any atom is 0.220 e. The molecule has 2 aliphatic heterocycles. The van der Waals surface area contributed by atoms with Crippen LogP contribution in [0.15, 0.2) is 41.5 Å². The Morgan fingerprint density at radius 1 is 1.18 bits per heavy atom. The first-order chi connectivity index (χ1) is 16.3. The number of nitrogens with zero attached hydrogens (tertiary/aromatic N) is 3. The highest BCUT2D eigenvalue weighted by Crippen LogP contribution is 2.35. The molecule has 1 saturated heterocycles. The van der Waals surface area contributed by atoms with Crippen molar-refractivity contribution < 1.29 is 19.8 Å². The third-order valence-corrected chi connectivity index (χ3v) is 6.56. The number of piperidine rings is 1. The molecule has 0 aromatic heterocycles. The van der Waals surface area contributed by atoms with Gasteiger partial charge in [0.2, 0.25) is 5.91 Å². The highest BCUT2D eigenvalue weighted by Gasteiger charge is 2.32. The number of likely N-dealkylation sites (tertiary alicyclic amines) is 1. The Kier molecular flexibility index (Phi) is 6.74. The number of amides is 1. The van der Waals surface area contributed by atoms with E-state index in [2.05, 4.69) is 15.4 Å². The lowest BCUT2D eigenvalue weighted by molar-refractivity contribution is -0.123. The molecular formula is C25H31N5O4. The van der Waals surface area contributed by atoms with Gasteiger partial charge in [-0.25, -0.2) is 0 Å². The van der Waals surface area contributed by atoms with Gasteiger partial charge in [-0.05, 0) is 61.2 Å². The zero-order chi connectivity index (χ0) is 24.4. The molecular weight excluding hydrogens is 434 g/mol. The summed E-state index contributed by atoms with van der Waals surface area (Å²) in [4.78, 5) is 27.2. The molecule has 2 aromatic carbocycles. The van der Waals surface area contributed by atoms with Crippen LogP contribution in [0.4, 0.5) is 5.69 Å². The van der Waals surface area contributed by atoms with Crippen LogP contribution in [-0.4, -0.2) is 52.4 Å². The van der Waals surface area contributed by atoms with Crippen molar-refractivity contribution >= 4 is 23.7 Å². The van der Waals surface area contributed by atoms with Gasteiger partial charge in [0, 0.05) is 24.2 Å². The summed E-state index contributed by atoms with van der Waals surface area (Å²) in [5.74, 6) is 0.0904. The molecule has 2 heterocycles. The molecule has 1 atom stereocenters. The number of phenols is 2. The summed E-state index contributed by atoms with van der Waals surface area (Å²) in [6.07, 6.45) is 1.60. The Bertz CT molecular complexity index is 1090. The van der Waals surface area contributed by atoms with Crippen molar-refractivity contribution in [3.05, 3.63) is 53.1 Å². The molecule has 4 rings (SSSR count). The zero-order valence-electron chi connectivity index (χ0n) is 19.4. The predicted molar refractivity (Wildman–Crippen MR) is 130 cm³/mol. The van der Waals surface area contributed by atoms with E-state index >= 15 is 0 Å². The van der Waals surface area contributed by atoms with Gasteiger partial charge >= 0.3 is 0 Å².